The Bertz CT molecular complexity index is 1270. The molecule has 0 unspecified atom stereocenters. The first-order valence-corrected chi connectivity index (χ1v) is 11.8. The van der Waals surface area contributed by atoms with Gasteiger partial charge in [0.05, 0.1) is 19.0 Å². The van der Waals surface area contributed by atoms with Crippen LogP contribution in [0.2, 0.25) is 0 Å². The van der Waals surface area contributed by atoms with E-state index in [2.05, 4.69) is 68.8 Å². The summed E-state index contributed by atoms with van der Waals surface area (Å²) in [4.78, 5) is 25.2. The predicted molar refractivity (Wildman–Crippen MR) is 133 cm³/mol. The molecular formula is C27H27N5O3. The van der Waals surface area contributed by atoms with Gasteiger partial charge in [0.1, 0.15) is 17.9 Å². The zero-order valence-corrected chi connectivity index (χ0v) is 19.4. The smallest absolute Gasteiger partial charge is 0.435 e. The Labute approximate surface area is 203 Å². The standard InChI is InChI=1S/C27H27N5O3/c1-2-34-27(33)35-22-14-13-21(15-22)32-18-31-24-25(29-17-30-26(24)32)28-16-23(19-9-5-3-6-10-19)20-11-7-4-8-12-20/h3-14,17-18,21-23H,2,15-16H2,1H3,(H,28,29,30)/t21-,22+/m0/s1. The van der Waals surface area contributed by atoms with Crippen molar-refractivity contribution in [3.8, 4) is 0 Å². The molecule has 2 aromatic heterocycles. The van der Waals surface area contributed by atoms with Crippen LogP contribution in [0.15, 0.2) is 85.5 Å². The van der Waals surface area contributed by atoms with Crippen LogP contribution in [0.1, 0.15) is 36.4 Å². The summed E-state index contributed by atoms with van der Waals surface area (Å²) in [5.74, 6) is 0.843. The van der Waals surface area contributed by atoms with Gasteiger partial charge in [-0.1, -0.05) is 66.7 Å². The topological polar surface area (TPSA) is 91.2 Å². The molecule has 0 bridgehead atoms. The van der Waals surface area contributed by atoms with Crippen molar-refractivity contribution < 1.29 is 14.3 Å². The number of carbonyl (C=O) groups is 1. The molecule has 2 heterocycles. The average molecular weight is 470 g/mol. The summed E-state index contributed by atoms with van der Waals surface area (Å²) in [5, 5.41) is 3.51. The summed E-state index contributed by atoms with van der Waals surface area (Å²) in [6.45, 7) is 2.69. The van der Waals surface area contributed by atoms with Crippen LogP contribution in [0.5, 0.6) is 0 Å². The minimum Gasteiger partial charge on any atom is -0.435 e. The van der Waals surface area contributed by atoms with Crippen LogP contribution >= 0.6 is 0 Å². The summed E-state index contributed by atoms with van der Waals surface area (Å²) in [6.07, 6.45) is 6.79. The van der Waals surface area contributed by atoms with Gasteiger partial charge in [0, 0.05) is 18.9 Å². The molecule has 8 heteroatoms. The van der Waals surface area contributed by atoms with Crippen molar-refractivity contribution >= 4 is 23.1 Å². The van der Waals surface area contributed by atoms with E-state index in [0.29, 0.717) is 24.3 Å². The molecule has 178 valence electrons. The van der Waals surface area contributed by atoms with Gasteiger partial charge in [-0.05, 0) is 24.1 Å². The van der Waals surface area contributed by atoms with Gasteiger partial charge in [-0.15, -0.1) is 0 Å². The summed E-state index contributed by atoms with van der Waals surface area (Å²) < 4.78 is 12.2. The normalized spacial score (nSPS) is 17.1. The average Bonchev–Trinajstić information content (AvgIpc) is 3.53. The first kappa shape index (κ1) is 22.6. The maximum atomic E-state index is 11.7. The highest BCUT2D eigenvalue weighted by molar-refractivity contribution is 5.82. The minimum absolute atomic E-state index is 0.0245. The second-order valence-corrected chi connectivity index (χ2v) is 8.33. The van der Waals surface area contributed by atoms with Crippen LogP contribution < -0.4 is 5.32 Å². The van der Waals surface area contributed by atoms with Gasteiger partial charge in [0.15, 0.2) is 11.5 Å². The van der Waals surface area contributed by atoms with Gasteiger partial charge in [0.2, 0.25) is 0 Å². The number of fused-ring (bicyclic) bond motifs is 1. The Morgan fingerprint density at radius 2 is 1.74 bits per heavy atom. The molecule has 1 N–H and O–H groups in total. The molecule has 0 saturated heterocycles. The summed E-state index contributed by atoms with van der Waals surface area (Å²) >= 11 is 0. The molecule has 35 heavy (non-hydrogen) atoms. The maximum Gasteiger partial charge on any atom is 0.508 e. The Morgan fingerprint density at radius 1 is 1.03 bits per heavy atom. The fraction of sp³-hybridized carbons (Fsp3) is 0.259. The van der Waals surface area contributed by atoms with Gasteiger partial charge in [0.25, 0.3) is 0 Å². The number of imidazole rings is 1. The molecular weight excluding hydrogens is 442 g/mol. The van der Waals surface area contributed by atoms with Crippen molar-refractivity contribution in [2.75, 3.05) is 18.5 Å². The van der Waals surface area contributed by atoms with Gasteiger partial charge in [-0.2, -0.15) is 0 Å². The third-order valence-corrected chi connectivity index (χ3v) is 6.13. The zero-order chi connectivity index (χ0) is 24.0. The number of aromatic nitrogens is 4. The number of benzene rings is 2. The molecule has 4 aromatic rings. The summed E-state index contributed by atoms with van der Waals surface area (Å²) in [6, 6.07) is 20.8. The SMILES string of the molecule is CCOC(=O)O[C@@H]1C=C[C@H](n2cnc3c(NCC(c4ccccc4)c4ccccc4)ncnc32)C1. The lowest BCUT2D eigenvalue weighted by molar-refractivity contribution is 0.0387. The van der Waals surface area contributed by atoms with Crippen LogP contribution in [0.25, 0.3) is 11.2 Å². The highest BCUT2D eigenvalue weighted by Gasteiger charge is 2.26. The predicted octanol–water partition coefficient (Wildman–Crippen LogP) is 5.11. The van der Waals surface area contributed by atoms with Crippen LogP contribution in [0.4, 0.5) is 10.6 Å². The lowest BCUT2D eigenvalue weighted by Gasteiger charge is -2.19. The van der Waals surface area contributed by atoms with Crippen LogP contribution in [0.3, 0.4) is 0 Å². The quantitative estimate of drug-likeness (QED) is 0.283. The van der Waals surface area contributed by atoms with Crippen LogP contribution in [0, 0.1) is 0 Å². The maximum absolute atomic E-state index is 11.7. The fourth-order valence-electron chi connectivity index (χ4n) is 4.44. The Hall–Kier alpha value is -4.20. The van der Waals surface area contributed by atoms with E-state index in [9.17, 15) is 4.79 Å². The molecule has 5 rings (SSSR count). The van der Waals surface area contributed by atoms with E-state index in [1.807, 2.05) is 28.9 Å². The van der Waals surface area contributed by atoms with E-state index < -0.39 is 6.16 Å². The number of allylic oxidation sites excluding steroid dienone is 1. The molecule has 0 saturated carbocycles. The molecule has 8 nitrogen and oxygen atoms in total. The molecule has 2 atom stereocenters. The second kappa shape index (κ2) is 10.4. The molecule has 1 aliphatic rings. The molecule has 0 aliphatic heterocycles. The first-order chi connectivity index (χ1) is 17.2. The number of hydrogen-bond acceptors (Lipinski definition) is 7. The van der Waals surface area contributed by atoms with Gasteiger partial charge in [-0.25, -0.2) is 19.7 Å². The van der Waals surface area contributed by atoms with E-state index in [1.54, 1.807) is 19.6 Å². The monoisotopic (exact) mass is 469 g/mol. The largest absolute Gasteiger partial charge is 0.508 e. The van der Waals surface area contributed by atoms with Crippen molar-refractivity contribution in [2.45, 2.75) is 31.4 Å². The van der Waals surface area contributed by atoms with Crippen molar-refractivity contribution in [2.24, 2.45) is 0 Å². The van der Waals surface area contributed by atoms with E-state index in [-0.39, 0.29) is 24.7 Å². The zero-order valence-electron chi connectivity index (χ0n) is 19.4. The molecule has 0 radical (unpaired) electrons. The van der Waals surface area contributed by atoms with Crippen molar-refractivity contribution in [1.29, 1.82) is 0 Å². The summed E-state index contributed by atoms with van der Waals surface area (Å²) in [7, 11) is 0. The highest BCUT2D eigenvalue weighted by Crippen LogP contribution is 2.30. The Balaban J connectivity index is 1.34. The first-order valence-electron chi connectivity index (χ1n) is 11.8. The second-order valence-electron chi connectivity index (χ2n) is 8.33. The van der Waals surface area contributed by atoms with E-state index >= 15 is 0 Å². The van der Waals surface area contributed by atoms with Crippen molar-refractivity contribution in [3.05, 3.63) is 96.6 Å². The van der Waals surface area contributed by atoms with Crippen LogP contribution in [-0.4, -0.2) is 44.9 Å². The molecule has 0 spiro atoms. The fourth-order valence-corrected chi connectivity index (χ4v) is 4.44. The Kier molecular flexibility index (Phi) is 6.70. The van der Waals surface area contributed by atoms with Gasteiger partial charge >= 0.3 is 6.16 Å². The van der Waals surface area contributed by atoms with E-state index in [0.717, 1.165) is 5.65 Å². The third kappa shape index (κ3) is 5.01. The van der Waals surface area contributed by atoms with E-state index in [4.69, 9.17) is 9.47 Å². The minimum atomic E-state index is -0.654. The van der Waals surface area contributed by atoms with E-state index in [1.165, 1.54) is 11.1 Å². The number of carbonyl (C=O) groups excluding carboxylic acids is 1. The lowest BCUT2D eigenvalue weighted by Crippen LogP contribution is -2.17. The van der Waals surface area contributed by atoms with Gasteiger partial charge < -0.3 is 19.4 Å². The van der Waals surface area contributed by atoms with Crippen molar-refractivity contribution in [1.82, 2.24) is 19.5 Å². The number of nitrogens with zero attached hydrogens (tertiary/aromatic N) is 4. The van der Waals surface area contributed by atoms with Crippen molar-refractivity contribution in [3.63, 3.8) is 0 Å². The number of rotatable bonds is 8. The number of anilines is 1. The number of ether oxygens (including phenoxy) is 2. The highest BCUT2D eigenvalue weighted by atomic mass is 16.7. The molecule has 2 aromatic carbocycles. The molecule has 0 amide bonds. The molecule has 0 fully saturated rings. The third-order valence-electron chi connectivity index (χ3n) is 6.13. The van der Waals surface area contributed by atoms with Gasteiger partial charge in [-0.3, -0.25) is 0 Å². The number of hydrogen-bond donors (Lipinski definition) is 1. The Morgan fingerprint density at radius 3 is 2.43 bits per heavy atom. The van der Waals surface area contributed by atoms with Crippen LogP contribution in [-0.2, 0) is 9.47 Å². The lowest BCUT2D eigenvalue weighted by atomic mass is 9.91. The summed E-state index contributed by atoms with van der Waals surface area (Å²) in [5.41, 5.74) is 3.89. The number of nitrogens with one attached hydrogen (secondary N) is 1. The molecule has 1 aliphatic carbocycles.